The smallest absolute Gasteiger partial charge is 0.269 e. The Kier molecular flexibility index (Phi) is 18.7. The number of imide groups is 1. The number of nitrogens with one attached hydrogen (secondary N) is 5. The molecule has 0 bridgehead atoms. The number of aromatic nitrogens is 1. The SMILES string of the molecule is C=C(O)OC/C(C=O)=C(C)/C=C1/c2nc3cc(F)c(C)cc3c(CN=C/C(=N\N)C3(NC(=O)CNC(=O)C(Cc4ccccc4)NC(=O)CNC(=O)CNC(=O)CCCCCN4C(=O)C=CC4=O)CC3)c2CN1C. The zero-order chi connectivity index (χ0) is 53.5. The molecule has 7 amide bonds. The number of amides is 7. The summed E-state index contributed by atoms with van der Waals surface area (Å²) in [6.07, 6.45) is 8.99. The van der Waals surface area contributed by atoms with Gasteiger partial charge in [-0.1, -0.05) is 36.8 Å². The fourth-order valence-electron chi connectivity index (χ4n) is 8.32. The molecule has 6 rings (SSSR count). The van der Waals surface area contributed by atoms with Crippen LogP contribution in [0.5, 0.6) is 0 Å². The van der Waals surface area contributed by atoms with Crippen LogP contribution in [0.1, 0.15) is 73.4 Å². The summed E-state index contributed by atoms with van der Waals surface area (Å²) in [4.78, 5) is 113. The molecule has 2 aromatic carbocycles. The van der Waals surface area contributed by atoms with Crippen LogP contribution in [0.4, 0.5) is 4.39 Å². The van der Waals surface area contributed by atoms with Crippen molar-refractivity contribution in [3.05, 3.63) is 118 Å². The van der Waals surface area contributed by atoms with Crippen molar-refractivity contribution in [2.24, 2.45) is 15.9 Å². The number of halogens is 1. The van der Waals surface area contributed by atoms with Gasteiger partial charge in [-0.3, -0.25) is 48.2 Å². The Hall–Kier alpha value is -8.56. The van der Waals surface area contributed by atoms with Crippen molar-refractivity contribution in [3.8, 4) is 0 Å². The minimum atomic E-state index is -1.14. The van der Waals surface area contributed by atoms with Gasteiger partial charge < -0.3 is 47.2 Å². The Bertz CT molecular complexity index is 2860. The normalized spacial score (nSPS) is 15.9. The molecule has 0 radical (unpaired) electrons. The summed E-state index contributed by atoms with van der Waals surface area (Å²) >= 11 is 0. The summed E-state index contributed by atoms with van der Waals surface area (Å²) in [5.41, 5.74) is 4.46. The summed E-state index contributed by atoms with van der Waals surface area (Å²) in [5, 5.41) is 27.1. The fraction of sp³-hybridized carbons (Fsp3) is 0.365. The molecule has 21 nitrogen and oxygen atoms in total. The van der Waals surface area contributed by atoms with Gasteiger partial charge >= 0.3 is 0 Å². The van der Waals surface area contributed by atoms with Gasteiger partial charge in [0.25, 0.3) is 17.8 Å². The Morgan fingerprint density at radius 1 is 0.973 bits per heavy atom. The lowest BCUT2D eigenvalue weighted by Gasteiger charge is -2.20. The summed E-state index contributed by atoms with van der Waals surface area (Å²) < 4.78 is 20.0. The lowest BCUT2D eigenvalue weighted by molar-refractivity contribution is -0.137. The highest BCUT2D eigenvalue weighted by Crippen LogP contribution is 2.39. The number of aryl methyl sites for hydroxylation is 1. The molecule has 8 N–H and O–H groups in total. The second kappa shape index (κ2) is 25.2. The third kappa shape index (κ3) is 14.5. The number of ether oxygens (including phenoxy) is 1. The quantitative estimate of drug-likeness (QED) is 0.00888. The van der Waals surface area contributed by atoms with Gasteiger partial charge in [-0.25, -0.2) is 9.37 Å². The van der Waals surface area contributed by atoms with Crippen LogP contribution in [-0.2, 0) is 62.6 Å². The third-order valence-corrected chi connectivity index (χ3v) is 12.6. The number of rotatable bonds is 26. The van der Waals surface area contributed by atoms with Crippen molar-refractivity contribution in [2.75, 3.05) is 39.8 Å². The van der Waals surface area contributed by atoms with E-state index in [0.717, 1.165) is 16.0 Å². The highest BCUT2D eigenvalue weighted by Gasteiger charge is 2.48. The number of nitrogens with two attached hydrogens (primary N) is 1. The molecule has 1 atom stereocenters. The van der Waals surface area contributed by atoms with Crippen LogP contribution in [0.15, 0.2) is 94.5 Å². The number of allylic oxidation sites excluding steroid dienone is 2. The van der Waals surface area contributed by atoms with E-state index in [2.05, 4.69) is 38.3 Å². The van der Waals surface area contributed by atoms with Gasteiger partial charge in [-0.15, -0.1) is 0 Å². The van der Waals surface area contributed by atoms with Gasteiger partial charge in [-0.05, 0) is 80.5 Å². The van der Waals surface area contributed by atoms with Crippen molar-refractivity contribution in [1.29, 1.82) is 0 Å². The highest BCUT2D eigenvalue weighted by molar-refractivity contribution is 6.36. The number of aliphatic hydroxyl groups is 1. The number of hydrazone groups is 1. The fourth-order valence-corrected chi connectivity index (χ4v) is 8.32. The van der Waals surface area contributed by atoms with Crippen LogP contribution in [0.25, 0.3) is 16.6 Å². The van der Waals surface area contributed by atoms with Crippen molar-refractivity contribution in [1.82, 2.24) is 41.4 Å². The number of unbranched alkanes of at least 4 members (excludes halogenated alkanes) is 2. The molecule has 74 heavy (non-hydrogen) atoms. The largest absolute Gasteiger partial charge is 0.481 e. The van der Waals surface area contributed by atoms with E-state index in [1.54, 1.807) is 56.3 Å². The van der Waals surface area contributed by atoms with Crippen LogP contribution in [-0.4, -0.2) is 131 Å². The Morgan fingerprint density at radius 3 is 2.34 bits per heavy atom. The molecule has 3 aliphatic rings. The van der Waals surface area contributed by atoms with Crippen LogP contribution in [0.3, 0.4) is 0 Å². The number of aliphatic imine (C=N–C) groups is 1. The van der Waals surface area contributed by atoms with Gasteiger partial charge in [0.2, 0.25) is 29.5 Å². The van der Waals surface area contributed by atoms with E-state index in [1.165, 1.54) is 24.4 Å². The second-order valence-electron chi connectivity index (χ2n) is 18.1. The van der Waals surface area contributed by atoms with E-state index in [1.807, 2.05) is 11.9 Å². The Labute approximate surface area is 426 Å². The molecule has 0 saturated heterocycles. The van der Waals surface area contributed by atoms with Crippen LogP contribution >= 0.6 is 0 Å². The number of hydrogen-bond donors (Lipinski definition) is 7. The number of nitrogens with zero attached hydrogens (tertiary/aromatic N) is 5. The maximum Gasteiger partial charge on any atom is 0.269 e. The highest BCUT2D eigenvalue weighted by atomic mass is 19.1. The number of aliphatic hydroxyl groups excluding tert-OH is 1. The van der Waals surface area contributed by atoms with Crippen LogP contribution < -0.4 is 32.4 Å². The van der Waals surface area contributed by atoms with E-state index in [0.29, 0.717) is 83.9 Å². The van der Waals surface area contributed by atoms with Crippen molar-refractivity contribution >= 4 is 76.2 Å². The Balaban J connectivity index is 1.03. The monoisotopic (exact) mass is 1020 g/mol. The molecule has 3 aromatic rings. The lowest BCUT2D eigenvalue weighted by Crippen LogP contribution is -2.53. The maximum atomic E-state index is 15.0. The molecular formula is C52H60FN11O10. The van der Waals surface area contributed by atoms with Crippen molar-refractivity contribution in [3.63, 3.8) is 0 Å². The lowest BCUT2D eigenvalue weighted by atomic mass is 9.99. The van der Waals surface area contributed by atoms with Gasteiger partial charge in [-0.2, -0.15) is 5.10 Å². The summed E-state index contributed by atoms with van der Waals surface area (Å²) in [6, 6.07) is 10.8. The number of fused-ring (bicyclic) bond motifs is 2. The standard InChI is InChI=1S/C52H60FN11O10/c1-31(35(29-65)30-74-33(3)66)20-42-50-38(28-63(42)4)37(36-19-32(2)39(53)22-40(36)60-50)23-55-24-43(62-54)52(16-17-52)61-47(70)27-58-51(73)41(21-34-11-7-5-8-12-34)59-46(69)26-57-45(68)25-56-44(67)13-9-6-10-18-64-48(71)14-15-49(64)72/h5,7-8,11-12,14-15,19-20,22,24,29,41,66H,3,6,9-10,13,16-18,21,23,25-28,30,54H2,1-2,4H3,(H,56,67)(H,57,68)(H,58,73)(H,59,69)(H,61,70)/b35-31+,42-20-,55-24?,62-43+. The van der Waals surface area contributed by atoms with Gasteiger partial charge in [0.1, 0.15) is 30.5 Å². The van der Waals surface area contributed by atoms with E-state index in [9.17, 15) is 47.9 Å². The number of hydrogen-bond acceptors (Lipinski definition) is 15. The topological polar surface area (TPSA) is 296 Å². The summed E-state index contributed by atoms with van der Waals surface area (Å²) in [6.45, 7) is 5.86. The minimum absolute atomic E-state index is 0.0593. The van der Waals surface area contributed by atoms with Gasteiger partial charge in [0, 0.05) is 73.9 Å². The molecular weight excluding hydrogens is 958 g/mol. The first-order chi connectivity index (χ1) is 35.4. The average molecular weight is 1020 g/mol. The van der Waals surface area contributed by atoms with Crippen LogP contribution in [0.2, 0.25) is 0 Å². The zero-order valence-corrected chi connectivity index (χ0v) is 41.4. The van der Waals surface area contributed by atoms with Crippen molar-refractivity contribution < 1.29 is 52.6 Å². The van der Waals surface area contributed by atoms with Crippen molar-refractivity contribution in [2.45, 2.75) is 83.5 Å². The predicted octanol–water partition coefficient (Wildman–Crippen LogP) is 2.13. The third-order valence-electron chi connectivity index (χ3n) is 12.6. The van der Waals surface area contributed by atoms with Gasteiger partial charge in [0.15, 0.2) is 0 Å². The summed E-state index contributed by atoms with van der Waals surface area (Å²) in [7, 11) is 1.85. The van der Waals surface area contributed by atoms with E-state index in [4.69, 9.17) is 20.6 Å². The first-order valence-corrected chi connectivity index (χ1v) is 23.9. The molecule has 3 heterocycles. The van der Waals surface area contributed by atoms with E-state index < -0.39 is 72.5 Å². The molecule has 2 aliphatic heterocycles. The number of carbonyl (C=O) groups is 8. The predicted molar refractivity (Wildman–Crippen MR) is 272 cm³/mol. The van der Waals surface area contributed by atoms with E-state index in [-0.39, 0.29) is 55.6 Å². The molecule has 1 unspecified atom stereocenters. The number of benzene rings is 2. The molecule has 1 aliphatic carbocycles. The molecule has 1 saturated carbocycles. The average Bonchev–Trinajstić information content (AvgIpc) is 3.98. The molecule has 390 valence electrons. The van der Waals surface area contributed by atoms with Crippen LogP contribution in [0, 0.1) is 12.7 Å². The zero-order valence-electron chi connectivity index (χ0n) is 41.4. The molecule has 22 heteroatoms. The first-order valence-electron chi connectivity index (χ1n) is 23.9. The summed E-state index contributed by atoms with van der Waals surface area (Å²) in [5.74, 6) is 1.22. The first kappa shape index (κ1) is 54.8. The Morgan fingerprint density at radius 2 is 1.66 bits per heavy atom. The second-order valence-corrected chi connectivity index (χ2v) is 18.1. The number of carbonyl (C=O) groups excluding carboxylic acids is 8. The number of pyridine rings is 1. The molecule has 1 fully saturated rings. The molecule has 1 aromatic heterocycles. The van der Waals surface area contributed by atoms with E-state index >= 15 is 0 Å². The maximum absolute atomic E-state index is 15.0. The number of aldehydes is 1. The molecule has 0 spiro atoms. The van der Waals surface area contributed by atoms with Gasteiger partial charge in [0.05, 0.1) is 48.6 Å². The minimum Gasteiger partial charge on any atom is -0.481 e.